The molecule has 0 saturated heterocycles. The lowest BCUT2D eigenvalue weighted by Crippen LogP contribution is -2.35. The van der Waals surface area contributed by atoms with Crippen molar-refractivity contribution in [2.75, 3.05) is 27.7 Å². The third kappa shape index (κ3) is 38.3. The second-order valence-corrected chi connectivity index (χ2v) is 6.69. The Morgan fingerprint density at radius 1 is 0.619 bits per heavy atom. The SMILES string of the molecule is CCCCCCCCCCCC[N+](C)(C)C.F[B-](F)(F)F. The van der Waals surface area contributed by atoms with E-state index in [0.717, 1.165) is 4.48 Å². The summed E-state index contributed by atoms with van der Waals surface area (Å²) < 4.78 is 40.1. The third-order valence-electron chi connectivity index (χ3n) is 3.18. The van der Waals surface area contributed by atoms with Gasteiger partial charge in [-0.15, -0.1) is 0 Å². The standard InChI is InChI=1S/C15H34N.BF4/c1-5-6-7-8-9-10-11-12-13-14-15-16(2,3)4;2-1(3,4)5/h5-15H2,1-4H3;/q+1;-1. The Morgan fingerprint density at radius 2 is 0.905 bits per heavy atom. The van der Waals surface area contributed by atoms with E-state index in [1.54, 1.807) is 0 Å². The Labute approximate surface area is 128 Å². The first-order valence-corrected chi connectivity index (χ1v) is 8.24. The molecule has 21 heavy (non-hydrogen) atoms. The molecule has 0 aromatic carbocycles. The van der Waals surface area contributed by atoms with Crippen molar-refractivity contribution in [3.63, 3.8) is 0 Å². The van der Waals surface area contributed by atoms with Crippen LogP contribution in [-0.2, 0) is 0 Å². The van der Waals surface area contributed by atoms with Crippen LogP contribution in [0, 0.1) is 0 Å². The van der Waals surface area contributed by atoms with Crippen LogP contribution in [0.1, 0.15) is 71.1 Å². The molecule has 0 saturated carbocycles. The summed E-state index contributed by atoms with van der Waals surface area (Å²) in [6, 6.07) is 0. The van der Waals surface area contributed by atoms with Crippen molar-refractivity contribution < 1.29 is 21.7 Å². The Hall–Kier alpha value is -0.255. The average molecular weight is 315 g/mol. The van der Waals surface area contributed by atoms with Crippen LogP contribution in [-0.4, -0.2) is 39.4 Å². The Balaban J connectivity index is 0. The maximum Gasteiger partial charge on any atom is 0.673 e. The first kappa shape index (κ1) is 23.0. The summed E-state index contributed by atoms with van der Waals surface area (Å²) in [6.07, 6.45) is 14.4. The summed E-state index contributed by atoms with van der Waals surface area (Å²) in [4.78, 5) is 0. The van der Waals surface area contributed by atoms with Crippen LogP contribution >= 0.6 is 0 Å². The summed E-state index contributed by atoms with van der Waals surface area (Å²) >= 11 is 0. The minimum absolute atomic E-state index is 1.12. The zero-order chi connectivity index (χ0) is 16.8. The molecule has 0 aliphatic heterocycles. The van der Waals surface area contributed by atoms with Gasteiger partial charge in [-0.05, 0) is 12.8 Å². The highest BCUT2D eigenvalue weighted by atomic mass is 19.5. The number of nitrogens with zero attached hydrogens (tertiary/aromatic N) is 1. The Morgan fingerprint density at radius 3 is 1.19 bits per heavy atom. The summed E-state index contributed by atoms with van der Waals surface area (Å²) in [5.41, 5.74) is 0. The molecule has 0 aromatic rings. The van der Waals surface area contributed by atoms with Crippen LogP contribution in [0.2, 0.25) is 0 Å². The zero-order valence-electron chi connectivity index (χ0n) is 14.3. The van der Waals surface area contributed by atoms with Gasteiger partial charge in [-0.1, -0.05) is 58.3 Å². The van der Waals surface area contributed by atoms with Crippen LogP contribution in [0.15, 0.2) is 0 Å². The smallest absolute Gasteiger partial charge is 0.418 e. The van der Waals surface area contributed by atoms with E-state index in [2.05, 4.69) is 28.1 Å². The van der Waals surface area contributed by atoms with Gasteiger partial charge in [0.25, 0.3) is 0 Å². The summed E-state index contributed by atoms with van der Waals surface area (Å²) in [5.74, 6) is 0. The second-order valence-electron chi connectivity index (χ2n) is 6.69. The fourth-order valence-corrected chi connectivity index (χ4v) is 2.07. The number of unbranched alkanes of at least 4 members (excludes halogenated alkanes) is 9. The van der Waals surface area contributed by atoms with E-state index in [4.69, 9.17) is 0 Å². The van der Waals surface area contributed by atoms with Gasteiger partial charge in [-0.3, -0.25) is 0 Å². The predicted molar refractivity (Wildman–Crippen MR) is 84.9 cm³/mol. The maximum atomic E-state index is 9.75. The molecular formula is C15H34BF4N. The van der Waals surface area contributed by atoms with Crippen LogP contribution in [0.3, 0.4) is 0 Å². The van der Waals surface area contributed by atoms with Gasteiger partial charge in [0.05, 0.1) is 27.7 Å². The van der Waals surface area contributed by atoms with E-state index in [0.29, 0.717) is 0 Å². The van der Waals surface area contributed by atoms with Crippen LogP contribution < -0.4 is 0 Å². The number of rotatable bonds is 11. The molecule has 0 radical (unpaired) electrons. The highest BCUT2D eigenvalue weighted by molar-refractivity contribution is 6.50. The van der Waals surface area contributed by atoms with Crippen LogP contribution in [0.25, 0.3) is 0 Å². The van der Waals surface area contributed by atoms with E-state index in [9.17, 15) is 17.3 Å². The predicted octanol–water partition coefficient (Wildman–Crippen LogP) is 5.91. The normalized spacial score (nSPS) is 12.0. The minimum atomic E-state index is -6.00. The van der Waals surface area contributed by atoms with Gasteiger partial charge < -0.3 is 21.7 Å². The van der Waals surface area contributed by atoms with Crippen LogP contribution in [0.5, 0.6) is 0 Å². The summed E-state index contributed by atoms with van der Waals surface area (Å²) in [7, 11) is 0.856. The molecule has 0 bridgehead atoms. The lowest BCUT2D eigenvalue weighted by molar-refractivity contribution is -0.870. The van der Waals surface area contributed by atoms with Gasteiger partial charge in [0.2, 0.25) is 0 Å². The van der Waals surface area contributed by atoms with Gasteiger partial charge in [-0.25, -0.2) is 0 Å². The van der Waals surface area contributed by atoms with E-state index in [1.165, 1.54) is 70.8 Å². The highest BCUT2D eigenvalue weighted by Crippen LogP contribution is 2.11. The molecule has 0 spiro atoms. The number of hydrogen-bond donors (Lipinski definition) is 0. The van der Waals surface area contributed by atoms with Crippen molar-refractivity contribution in [2.45, 2.75) is 71.1 Å². The molecule has 1 nitrogen and oxygen atoms in total. The van der Waals surface area contributed by atoms with E-state index < -0.39 is 7.25 Å². The fraction of sp³-hybridized carbons (Fsp3) is 1.00. The molecule has 0 unspecified atom stereocenters. The summed E-state index contributed by atoms with van der Waals surface area (Å²) in [5, 5.41) is 0. The molecule has 130 valence electrons. The largest absolute Gasteiger partial charge is 0.673 e. The third-order valence-corrected chi connectivity index (χ3v) is 3.18. The summed E-state index contributed by atoms with van der Waals surface area (Å²) in [6.45, 7) is 3.62. The Bertz CT molecular complexity index is 209. The molecular weight excluding hydrogens is 281 g/mol. The van der Waals surface area contributed by atoms with Gasteiger partial charge in [0.1, 0.15) is 0 Å². The van der Waals surface area contributed by atoms with Crippen molar-refractivity contribution in [1.82, 2.24) is 0 Å². The molecule has 0 atom stereocenters. The number of halogens is 4. The monoisotopic (exact) mass is 315 g/mol. The van der Waals surface area contributed by atoms with Gasteiger partial charge in [-0.2, -0.15) is 0 Å². The minimum Gasteiger partial charge on any atom is -0.418 e. The zero-order valence-corrected chi connectivity index (χ0v) is 14.3. The highest BCUT2D eigenvalue weighted by Gasteiger charge is 2.20. The first-order chi connectivity index (χ1) is 9.56. The van der Waals surface area contributed by atoms with Crippen molar-refractivity contribution >= 4 is 7.25 Å². The lowest BCUT2D eigenvalue weighted by Gasteiger charge is -2.23. The van der Waals surface area contributed by atoms with Crippen molar-refractivity contribution in [3.05, 3.63) is 0 Å². The van der Waals surface area contributed by atoms with Gasteiger partial charge >= 0.3 is 7.25 Å². The fourth-order valence-electron chi connectivity index (χ4n) is 2.07. The number of quaternary nitrogens is 1. The second kappa shape index (κ2) is 13.4. The first-order valence-electron chi connectivity index (χ1n) is 8.24. The van der Waals surface area contributed by atoms with Crippen molar-refractivity contribution in [2.24, 2.45) is 0 Å². The van der Waals surface area contributed by atoms with Crippen molar-refractivity contribution in [1.29, 1.82) is 0 Å². The van der Waals surface area contributed by atoms with Gasteiger partial charge in [0.15, 0.2) is 0 Å². The number of hydrogen-bond acceptors (Lipinski definition) is 0. The molecule has 6 heteroatoms. The lowest BCUT2D eigenvalue weighted by atomic mass is 10.1. The van der Waals surface area contributed by atoms with Crippen molar-refractivity contribution in [3.8, 4) is 0 Å². The topological polar surface area (TPSA) is 0 Å². The molecule has 0 amide bonds. The molecule has 0 aliphatic carbocycles. The molecule has 0 N–H and O–H groups in total. The molecule has 0 fully saturated rings. The maximum absolute atomic E-state index is 9.75. The molecule has 0 heterocycles. The Kier molecular flexibility index (Phi) is 14.7. The van der Waals surface area contributed by atoms with E-state index in [-0.39, 0.29) is 0 Å². The molecule has 0 aromatic heterocycles. The van der Waals surface area contributed by atoms with E-state index >= 15 is 0 Å². The average Bonchev–Trinajstić information content (AvgIpc) is 2.28. The van der Waals surface area contributed by atoms with Crippen LogP contribution in [0.4, 0.5) is 17.3 Å². The van der Waals surface area contributed by atoms with Gasteiger partial charge in [0, 0.05) is 0 Å². The molecule has 0 aliphatic rings. The van der Waals surface area contributed by atoms with E-state index in [1.807, 2.05) is 0 Å². The quantitative estimate of drug-likeness (QED) is 0.192. The molecule has 0 rings (SSSR count).